The number of ether oxygens (including phenoxy) is 1. The van der Waals surface area contributed by atoms with Crippen molar-refractivity contribution in [2.24, 2.45) is 11.8 Å². The first-order valence-corrected chi connectivity index (χ1v) is 7.09. The van der Waals surface area contributed by atoms with Crippen LogP contribution in [0.3, 0.4) is 0 Å². The smallest absolute Gasteiger partial charge is 0.269 e. The minimum absolute atomic E-state index is 0.120. The largest absolute Gasteiger partial charge is 0.393 e. The molecule has 0 aromatic heterocycles. The summed E-state index contributed by atoms with van der Waals surface area (Å²) in [6.07, 6.45) is 2.82. The normalized spacial score (nSPS) is 34.3. The van der Waals surface area contributed by atoms with Gasteiger partial charge in [-0.15, -0.1) is 0 Å². The third-order valence-electron chi connectivity index (χ3n) is 4.72. The number of carbonyl (C=O) groups excluding carboxylic acids is 2. The molecule has 8 heteroatoms. The van der Waals surface area contributed by atoms with Gasteiger partial charge in [0.05, 0.1) is 35.2 Å². The van der Waals surface area contributed by atoms with Crippen LogP contribution in [0.1, 0.15) is 0 Å². The molecule has 1 N–H and O–H groups in total. The standard InChI is InChI=1S/C15H12N2O6/c18-7-15-6-5-10(23-15)11-12(15)14(20)16(13(11)19)8-1-3-9(4-2-8)17(21)22/h1-6,10-12,18H,7H2/t10-,11-,12-,15+/m1/s1. The van der Waals surface area contributed by atoms with Gasteiger partial charge >= 0.3 is 0 Å². The van der Waals surface area contributed by atoms with Crippen LogP contribution >= 0.6 is 0 Å². The Labute approximate surface area is 130 Å². The van der Waals surface area contributed by atoms with Gasteiger partial charge in [0.25, 0.3) is 5.69 Å². The number of hydrogen-bond acceptors (Lipinski definition) is 6. The second-order valence-corrected chi connectivity index (χ2v) is 5.84. The summed E-state index contributed by atoms with van der Waals surface area (Å²) in [4.78, 5) is 36.5. The zero-order valence-electron chi connectivity index (χ0n) is 11.8. The van der Waals surface area contributed by atoms with Crippen LogP contribution in [0, 0.1) is 22.0 Å². The molecule has 0 radical (unpaired) electrons. The summed E-state index contributed by atoms with van der Waals surface area (Å²) in [5.41, 5.74) is -0.977. The first-order valence-electron chi connectivity index (χ1n) is 7.09. The molecule has 8 nitrogen and oxygen atoms in total. The van der Waals surface area contributed by atoms with E-state index < -0.39 is 40.3 Å². The molecular formula is C15H12N2O6. The van der Waals surface area contributed by atoms with Crippen LogP contribution in [0.2, 0.25) is 0 Å². The van der Waals surface area contributed by atoms with Gasteiger partial charge in [-0.3, -0.25) is 19.7 Å². The van der Waals surface area contributed by atoms with Crippen molar-refractivity contribution >= 4 is 23.2 Å². The number of benzene rings is 1. The van der Waals surface area contributed by atoms with Crippen LogP contribution in [-0.4, -0.2) is 40.2 Å². The van der Waals surface area contributed by atoms with Gasteiger partial charge in [-0.25, -0.2) is 4.90 Å². The average Bonchev–Trinajstić information content (AvgIpc) is 3.19. The monoisotopic (exact) mass is 316 g/mol. The fraction of sp³-hybridized carbons (Fsp3) is 0.333. The van der Waals surface area contributed by atoms with Gasteiger partial charge in [0, 0.05) is 12.1 Å². The van der Waals surface area contributed by atoms with Crippen LogP contribution in [0.5, 0.6) is 0 Å². The topological polar surface area (TPSA) is 110 Å². The number of rotatable bonds is 3. The lowest BCUT2D eigenvalue weighted by Gasteiger charge is -2.26. The molecule has 0 aliphatic carbocycles. The highest BCUT2D eigenvalue weighted by Gasteiger charge is 2.67. The molecule has 1 aromatic carbocycles. The number of amides is 2. The number of anilines is 1. The Morgan fingerprint density at radius 3 is 2.57 bits per heavy atom. The van der Waals surface area contributed by atoms with Gasteiger partial charge < -0.3 is 9.84 Å². The van der Waals surface area contributed by atoms with E-state index in [9.17, 15) is 24.8 Å². The summed E-state index contributed by atoms with van der Waals surface area (Å²) >= 11 is 0. The summed E-state index contributed by atoms with van der Waals surface area (Å²) in [7, 11) is 0. The number of aliphatic hydroxyl groups is 1. The van der Waals surface area contributed by atoms with Crippen molar-refractivity contribution in [1.82, 2.24) is 0 Å². The number of carbonyl (C=O) groups is 2. The number of fused-ring (bicyclic) bond motifs is 5. The van der Waals surface area contributed by atoms with Gasteiger partial charge in [0.2, 0.25) is 11.8 Å². The van der Waals surface area contributed by atoms with Crippen LogP contribution < -0.4 is 4.90 Å². The van der Waals surface area contributed by atoms with E-state index in [0.29, 0.717) is 0 Å². The first-order chi connectivity index (χ1) is 11.0. The van der Waals surface area contributed by atoms with Crippen molar-refractivity contribution in [3.63, 3.8) is 0 Å². The van der Waals surface area contributed by atoms with Gasteiger partial charge in [0.15, 0.2) is 0 Å². The molecule has 4 atom stereocenters. The number of nitro groups is 1. The minimum Gasteiger partial charge on any atom is -0.393 e. The second-order valence-electron chi connectivity index (χ2n) is 5.84. The van der Waals surface area contributed by atoms with Gasteiger partial charge in [0.1, 0.15) is 5.60 Å². The fourth-order valence-corrected chi connectivity index (χ4v) is 3.66. The molecule has 0 unspecified atom stereocenters. The number of aliphatic hydroxyl groups excluding tert-OH is 1. The molecule has 3 aliphatic heterocycles. The lowest BCUT2D eigenvalue weighted by Crippen LogP contribution is -2.43. The predicted octanol–water partition coefficient (Wildman–Crippen LogP) is 0.400. The molecule has 3 aliphatic rings. The SMILES string of the molecule is O=C1[C@@H]2[C@H]3C=C[C@@](CO)(O3)[C@H]2C(=O)N1c1ccc([N+](=O)[O-])cc1. The number of imide groups is 1. The lowest BCUT2D eigenvalue weighted by molar-refractivity contribution is -0.384. The Morgan fingerprint density at radius 2 is 1.96 bits per heavy atom. The van der Waals surface area contributed by atoms with E-state index in [1.807, 2.05) is 0 Å². The average molecular weight is 316 g/mol. The van der Waals surface area contributed by atoms with E-state index in [1.54, 1.807) is 12.2 Å². The molecular weight excluding hydrogens is 304 g/mol. The van der Waals surface area contributed by atoms with Crippen molar-refractivity contribution in [2.45, 2.75) is 11.7 Å². The van der Waals surface area contributed by atoms with Gasteiger partial charge in [-0.2, -0.15) is 0 Å². The van der Waals surface area contributed by atoms with E-state index in [0.717, 1.165) is 4.90 Å². The van der Waals surface area contributed by atoms with Crippen molar-refractivity contribution in [3.05, 3.63) is 46.5 Å². The summed E-state index contributed by atoms with van der Waals surface area (Å²) < 4.78 is 5.63. The zero-order valence-corrected chi connectivity index (χ0v) is 11.8. The van der Waals surface area contributed by atoms with Crippen molar-refractivity contribution in [3.8, 4) is 0 Å². The maximum atomic E-state index is 12.7. The van der Waals surface area contributed by atoms with Crippen LogP contribution in [-0.2, 0) is 14.3 Å². The minimum atomic E-state index is -1.14. The highest BCUT2D eigenvalue weighted by atomic mass is 16.6. The molecule has 118 valence electrons. The van der Waals surface area contributed by atoms with Crippen molar-refractivity contribution < 1.29 is 24.4 Å². The highest BCUT2D eigenvalue weighted by Crippen LogP contribution is 2.52. The Hall–Kier alpha value is -2.58. The third-order valence-corrected chi connectivity index (χ3v) is 4.72. The molecule has 2 amide bonds. The summed E-state index contributed by atoms with van der Waals surface area (Å²) in [6, 6.07) is 5.23. The molecule has 0 saturated carbocycles. The summed E-state index contributed by atoms with van der Waals surface area (Å²) in [5.74, 6) is -2.27. The summed E-state index contributed by atoms with van der Waals surface area (Å²) in [6.45, 7) is -0.381. The number of non-ortho nitro benzene ring substituents is 1. The lowest BCUT2D eigenvalue weighted by atomic mass is 9.77. The molecule has 2 bridgehead atoms. The van der Waals surface area contributed by atoms with E-state index in [2.05, 4.69) is 0 Å². The van der Waals surface area contributed by atoms with Crippen LogP contribution in [0.25, 0.3) is 0 Å². The molecule has 2 fully saturated rings. The van der Waals surface area contributed by atoms with Gasteiger partial charge in [-0.1, -0.05) is 12.2 Å². The third kappa shape index (κ3) is 1.67. The Morgan fingerprint density at radius 1 is 1.26 bits per heavy atom. The van der Waals surface area contributed by atoms with Gasteiger partial charge in [-0.05, 0) is 12.1 Å². The number of hydrogen-bond donors (Lipinski definition) is 1. The van der Waals surface area contributed by atoms with Crippen molar-refractivity contribution in [2.75, 3.05) is 11.5 Å². The molecule has 1 aromatic rings. The maximum Gasteiger partial charge on any atom is 0.269 e. The first kappa shape index (κ1) is 14.0. The Bertz CT molecular complexity index is 758. The van der Waals surface area contributed by atoms with E-state index in [4.69, 9.17) is 4.74 Å². The van der Waals surface area contributed by atoms with Crippen molar-refractivity contribution in [1.29, 1.82) is 0 Å². The molecule has 2 saturated heterocycles. The fourth-order valence-electron chi connectivity index (χ4n) is 3.66. The Balaban J connectivity index is 1.72. The van der Waals surface area contributed by atoms with E-state index in [1.165, 1.54) is 24.3 Å². The van der Waals surface area contributed by atoms with Crippen LogP contribution in [0.4, 0.5) is 11.4 Å². The second kappa shape index (κ2) is 4.46. The van der Waals surface area contributed by atoms with E-state index >= 15 is 0 Å². The zero-order chi connectivity index (χ0) is 16.4. The summed E-state index contributed by atoms with van der Waals surface area (Å²) in [5, 5.41) is 20.3. The maximum absolute atomic E-state index is 12.7. The number of nitro benzene ring substituents is 1. The Kier molecular flexibility index (Phi) is 2.72. The molecule has 23 heavy (non-hydrogen) atoms. The predicted molar refractivity (Wildman–Crippen MR) is 76.4 cm³/mol. The highest BCUT2D eigenvalue weighted by molar-refractivity contribution is 6.23. The molecule has 4 rings (SSSR count). The van der Waals surface area contributed by atoms with E-state index in [-0.39, 0.29) is 18.0 Å². The quantitative estimate of drug-likeness (QED) is 0.374. The molecule has 0 spiro atoms. The number of nitrogens with zero attached hydrogens (tertiary/aromatic N) is 2. The molecule has 3 heterocycles. The van der Waals surface area contributed by atoms with Crippen LogP contribution in [0.15, 0.2) is 36.4 Å².